The summed E-state index contributed by atoms with van der Waals surface area (Å²) >= 11 is 0. The highest BCUT2D eigenvalue weighted by atomic mass is 19.1. The van der Waals surface area contributed by atoms with Crippen molar-refractivity contribution in [2.75, 3.05) is 6.61 Å². The van der Waals surface area contributed by atoms with Crippen molar-refractivity contribution in [2.45, 2.75) is 109 Å². The van der Waals surface area contributed by atoms with Crippen molar-refractivity contribution >= 4 is 0 Å². The van der Waals surface area contributed by atoms with Crippen molar-refractivity contribution in [2.24, 2.45) is 41.4 Å². The van der Waals surface area contributed by atoms with E-state index in [2.05, 4.69) is 6.92 Å². The molecule has 4 aliphatic rings. The molecule has 8 atom stereocenters. The van der Waals surface area contributed by atoms with Crippen LogP contribution in [0.3, 0.4) is 0 Å². The van der Waals surface area contributed by atoms with Crippen LogP contribution >= 0.6 is 0 Å². The Hall–Kier alpha value is -0.180. The van der Waals surface area contributed by atoms with Crippen molar-refractivity contribution < 1.29 is 13.5 Å². The second-order valence-corrected chi connectivity index (χ2v) is 10.5. The summed E-state index contributed by atoms with van der Waals surface area (Å²) < 4.78 is 36.5. The van der Waals surface area contributed by atoms with Crippen LogP contribution in [-0.4, -0.2) is 25.1 Å². The van der Waals surface area contributed by atoms with E-state index in [1.807, 2.05) is 6.92 Å². The summed E-state index contributed by atoms with van der Waals surface area (Å²) in [7, 11) is 0. The molecule has 3 heteroatoms. The van der Waals surface area contributed by atoms with Crippen LogP contribution in [0.4, 0.5) is 8.78 Å². The van der Waals surface area contributed by atoms with E-state index in [0.717, 1.165) is 44.4 Å². The lowest BCUT2D eigenvalue weighted by atomic mass is 9.53. The number of hydrogen-bond acceptors (Lipinski definition) is 1. The minimum Gasteiger partial charge on any atom is -0.375 e. The third-order valence-electron chi connectivity index (χ3n) is 9.26. The topological polar surface area (TPSA) is 9.23 Å². The van der Waals surface area contributed by atoms with Gasteiger partial charge in [-0.05, 0) is 99.7 Å². The molecule has 4 rings (SSSR count). The Morgan fingerprint density at radius 3 is 1.86 bits per heavy atom. The zero-order valence-corrected chi connectivity index (χ0v) is 18.1. The predicted molar refractivity (Wildman–Crippen MR) is 111 cm³/mol. The van der Waals surface area contributed by atoms with Crippen LogP contribution in [0.2, 0.25) is 0 Å². The average molecular weight is 397 g/mol. The molecule has 0 aromatic carbocycles. The van der Waals surface area contributed by atoms with Gasteiger partial charge in [-0.1, -0.05) is 32.6 Å². The summed E-state index contributed by atoms with van der Waals surface area (Å²) in [6, 6.07) is 0. The van der Waals surface area contributed by atoms with Gasteiger partial charge in [-0.15, -0.1) is 0 Å². The monoisotopic (exact) mass is 396 g/mol. The third-order valence-corrected chi connectivity index (χ3v) is 9.26. The van der Waals surface area contributed by atoms with E-state index in [0.29, 0.717) is 30.3 Å². The molecule has 1 nitrogen and oxygen atoms in total. The highest BCUT2D eigenvalue weighted by molar-refractivity contribution is 5.02. The Balaban J connectivity index is 1.36. The molecule has 0 spiro atoms. The molecule has 4 aliphatic carbocycles. The van der Waals surface area contributed by atoms with Crippen LogP contribution in [0.1, 0.15) is 90.9 Å². The molecule has 0 aliphatic heterocycles. The first-order chi connectivity index (χ1) is 13.6. The van der Waals surface area contributed by atoms with E-state index in [9.17, 15) is 0 Å². The number of halogens is 2. The fourth-order valence-corrected chi connectivity index (χ4v) is 7.95. The number of ether oxygens (including phenoxy) is 1. The molecule has 0 heterocycles. The van der Waals surface area contributed by atoms with Crippen LogP contribution in [0.15, 0.2) is 0 Å². The molecule has 0 aromatic rings. The largest absolute Gasteiger partial charge is 0.375 e. The molecular weight excluding hydrogens is 354 g/mol. The van der Waals surface area contributed by atoms with Crippen molar-refractivity contribution in [1.29, 1.82) is 0 Å². The molecule has 4 saturated carbocycles. The van der Waals surface area contributed by atoms with Gasteiger partial charge in [-0.3, -0.25) is 0 Å². The first kappa shape index (κ1) is 21.1. The minimum absolute atomic E-state index is 0.125. The summed E-state index contributed by atoms with van der Waals surface area (Å²) in [6.45, 7) is 4.84. The standard InChI is InChI=1S/C25H42F2O/c1-3-5-16-6-8-17(9-7-16)18-10-11-19-20-14-15-23(28-4-2)25(27)22(20)13-12-21(19)24(18)26/h16-25H,3-15H2,1-2H3. The Morgan fingerprint density at radius 1 is 0.643 bits per heavy atom. The molecule has 8 unspecified atom stereocenters. The second-order valence-electron chi connectivity index (χ2n) is 10.5. The summed E-state index contributed by atoms with van der Waals surface area (Å²) in [4.78, 5) is 0. The van der Waals surface area contributed by atoms with Gasteiger partial charge >= 0.3 is 0 Å². The normalized spacial score (nSPS) is 49.3. The van der Waals surface area contributed by atoms with Crippen LogP contribution in [0.5, 0.6) is 0 Å². The maximum Gasteiger partial charge on any atom is 0.129 e. The van der Waals surface area contributed by atoms with Gasteiger partial charge in [0.1, 0.15) is 12.3 Å². The van der Waals surface area contributed by atoms with Gasteiger partial charge in [-0.2, -0.15) is 0 Å². The Kier molecular flexibility index (Phi) is 7.01. The zero-order valence-electron chi connectivity index (χ0n) is 18.1. The fraction of sp³-hybridized carbons (Fsp3) is 1.00. The molecule has 0 saturated heterocycles. The Morgan fingerprint density at radius 2 is 1.21 bits per heavy atom. The first-order valence-corrected chi connectivity index (χ1v) is 12.5. The predicted octanol–water partition coefficient (Wildman–Crippen LogP) is 7.14. The summed E-state index contributed by atoms with van der Waals surface area (Å²) in [6.07, 6.45) is 12.0. The highest BCUT2D eigenvalue weighted by Gasteiger charge is 2.53. The first-order valence-electron chi connectivity index (χ1n) is 12.5. The summed E-state index contributed by atoms with van der Waals surface area (Å²) in [5.74, 6) is 2.98. The van der Waals surface area contributed by atoms with Crippen LogP contribution in [0, 0.1) is 41.4 Å². The fourth-order valence-electron chi connectivity index (χ4n) is 7.95. The Bertz CT molecular complexity index is 489. The van der Waals surface area contributed by atoms with Gasteiger partial charge in [0.15, 0.2) is 0 Å². The minimum atomic E-state index is -0.829. The quantitative estimate of drug-likeness (QED) is 0.480. The van der Waals surface area contributed by atoms with Gasteiger partial charge in [0, 0.05) is 6.61 Å². The van der Waals surface area contributed by atoms with Crippen molar-refractivity contribution in [3.8, 4) is 0 Å². The van der Waals surface area contributed by atoms with E-state index < -0.39 is 12.3 Å². The number of hydrogen-bond donors (Lipinski definition) is 0. The molecule has 0 N–H and O–H groups in total. The van der Waals surface area contributed by atoms with E-state index in [4.69, 9.17) is 4.74 Å². The molecule has 28 heavy (non-hydrogen) atoms. The Labute approximate surface area is 171 Å². The van der Waals surface area contributed by atoms with Gasteiger partial charge < -0.3 is 4.74 Å². The van der Waals surface area contributed by atoms with Crippen LogP contribution in [0.25, 0.3) is 0 Å². The number of alkyl halides is 2. The van der Waals surface area contributed by atoms with E-state index in [1.54, 1.807) is 0 Å². The lowest BCUT2D eigenvalue weighted by molar-refractivity contribution is -0.119. The van der Waals surface area contributed by atoms with Gasteiger partial charge in [0.25, 0.3) is 0 Å². The van der Waals surface area contributed by atoms with E-state index in [1.165, 1.54) is 38.5 Å². The molecule has 4 fully saturated rings. The molecule has 162 valence electrons. The molecule has 0 radical (unpaired) electrons. The molecule has 0 aromatic heterocycles. The summed E-state index contributed by atoms with van der Waals surface area (Å²) in [5, 5.41) is 0. The van der Waals surface area contributed by atoms with Gasteiger partial charge in [-0.25, -0.2) is 8.78 Å². The average Bonchev–Trinajstić information content (AvgIpc) is 2.71. The van der Waals surface area contributed by atoms with Gasteiger partial charge in [0.05, 0.1) is 6.10 Å². The maximum absolute atomic E-state index is 15.7. The lowest BCUT2D eigenvalue weighted by Crippen LogP contribution is -2.52. The van der Waals surface area contributed by atoms with Crippen LogP contribution in [-0.2, 0) is 4.74 Å². The second kappa shape index (κ2) is 9.31. The zero-order chi connectivity index (χ0) is 19.7. The van der Waals surface area contributed by atoms with Crippen molar-refractivity contribution in [3.63, 3.8) is 0 Å². The number of fused-ring (bicyclic) bond motifs is 3. The molecule has 0 bridgehead atoms. The summed E-state index contributed by atoms with van der Waals surface area (Å²) in [5.41, 5.74) is 0. The lowest BCUT2D eigenvalue weighted by Gasteiger charge is -2.53. The maximum atomic E-state index is 15.7. The molecule has 0 amide bonds. The highest BCUT2D eigenvalue weighted by Crippen LogP contribution is 2.56. The van der Waals surface area contributed by atoms with Crippen LogP contribution < -0.4 is 0 Å². The smallest absolute Gasteiger partial charge is 0.129 e. The third kappa shape index (κ3) is 4.03. The van der Waals surface area contributed by atoms with E-state index in [-0.39, 0.29) is 17.9 Å². The van der Waals surface area contributed by atoms with Crippen molar-refractivity contribution in [3.05, 3.63) is 0 Å². The molecular formula is C25H42F2O. The van der Waals surface area contributed by atoms with Gasteiger partial charge in [0.2, 0.25) is 0 Å². The van der Waals surface area contributed by atoms with E-state index >= 15 is 8.78 Å². The van der Waals surface area contributed by atoms with Crippen molar-refractivity contribution in [1.82, 2.24) is 0 Å². The SMILES string of the molecule is CCCC1CCC(C2CCC3C(CCC4C(F)C(OCC)CCC43)C2F)CC1. The number of rotatable bonds is 5.